The fourth-order valence-electron chi connectivity index (χ4n) is 4.64. The van der Waals surface area contributed by atoms with Crippen molar-refractivity contribution in [2.75, 3.05) is 11.4 Å². The Hall–Kier alpha value is -3.62. The highest BCUT2D eigenvalue weighted by Crippen LogP contribution is 2.42. The number of amides is 1. The summed E-state index contributed by atoms with van der Waals surface area (Å²) in [6.45, 7) is 3.71. The minimum Gasteiger partial charge on any atom is -0.506 e. The molecule has 2 heterocycles. The predicted molar refractivity (Wildman–Crippen MR) is 130 cm³/mol. The Morgan fingerprint density at radius 1 is 1.03 bits per heavy atom. The molecule has 2 N–H and O–H groups in total. The lowest BCUT2D eigenvalue weighted by Crippen LogP contribution is -2.42. The van der Waals surface area contributed by atoms with Crippen LogP contribution in [0.5, 0.6) is 5.75 Å². The summed E-state index contributed by atoms with van der Waals surface area (Å²) in [6.07, 6.45) is 0.883. The zero-order valence-corrected chi connectivity index (χ0v) is 19.6. The number of phenolic OH excluding ortho intramolecular Hbond substituents is 1. The molecular weight excluding hydrogens is 452 g/mol. The third kappa shape index (κ3) is 3.46. The molecule has 0 aliphatic carbocycles. The third-order valence-corrected chi connectivity index (χ3v) is 7.93. The number of aromatic hydroxyl groups is 1. The summed E-state index contributed by atoms with van der Waals surface area (Å²) in [4.78, 5) is 14.8. The number of benzene rings is 3. The molecule has 4 aromatic rings. The summed E-state index contributed by atoms with van der Waals surface area (Å²) in [5, 5.41) is 22.2. The Kier molecular flexibility index (Phi) is 5.22. The first-order valence-corrected chi connectivity index (χ1v) is 12.4. The molecule has 34 heavy (non-hydrogen) atoms. The van der Waals surface area contributed by atoms with E-state index in [1.165, 1.54) is 29.3 Å². The maximum Gasteiger partial charge on any atom is 0.268 e. The minimum atomic E-state index is -3.98. The number of aromatic nitrogens is 1. The molecule has 0 fully saturated rings. The van der Waals surface area contributed by atoms with Crippen molar-refractivity contribution in [3.8, 4) is 5.75 Å². The molecule has 1 atom stereocenters. The van der Waals surface area contributed by atoms with Crippen molar-refractivity contribution in [1.29, 1.82) is 0 Å². The molecule has 0 saturated carbocycles. The van der Waals surface area contributed by atoms with E-state index in [1.807, 2.05) is 13.0 Å². The lowest BCUT2D eigenvalue weighted by atomic mass is 9.93. The Morgan fingerprint density at radius 3 is 2.38 bits per heavy atom. The normalized spacial score (nSPS) is 16.0. The summed E-state index contributed by atoms with van der Waals surface area (Å²) in [5.41, 5.74) is 3.25. The van der Waals surface area contributed by atoms with Crippen molar-refractivity contribution in [3.05, 3.63) is 89.1 Å². The van der Waals surface area contributed by atoms with E-state index in [2.05, 4.69) is 0 Å². The number of anilines is 1. The smallest absolute Gasteiger partial charge is 0.268 e. The summed E-state index contributed by atoms with van der Waals surface area (Å²) in [7, 11) is -3.98. The van der Waals surface area contributed by atoms with Gasteiger partial charge < -0.3 is 15.1 Å². The number of β-amino-alcohol motifs (C(OH)–C–C–N with tert-alkyl or cyclic N) is 1. The Bertz CT molecular complexity index is 1520. The van der Waals surface area contributed by atoms with Gasteiger partial charge in [-0.05, 0) is 49.2 Å². The molecule has 3 aromatic carbocycles. The van der Waals surface area contributed by atoms with E-state index in [0.717, 1.165) is 9.54 Å². The van der Waals surface area contributed by atoms with Gasteiger partial charge in [0.25, 0.3) is 15.9 Å². The van der Waals surface area contributed by atoms with Gasteiger partial charge in [0, 0.05) is 29.6 Å². The number of nitrogens with zero attached hydrogens (tertiary/aromatic N) is 2. The summed E-state index contributed by atoms with van der Waals surface area (Å²) < 4.78 is 28.0. The molecule has 5 rings (SSSR count). The average Bonchev–Trinajstić information content (AvgIpc) is 3.19. The second-order valence-corrected chi connectivity index (χ2v) is 10.5. The van der Waals surface area contributed by atoms with Crippen LogP contribution in [0.1, 0.15) is 27.0 Å². The Morgan fingerprint density at radius 2 is 1.71 bits per heavy atom. The summed E-state index contributed by atoms with van der Waals surface area (Å²) in [5.74, 6) is -0.552. The van der Waals surface area contributed by atoms with Crippen LogP contribution >= 0.6 is 0 Å². The molecule has 0 bridgehead atoms. The second-order valence-electron chi connectivity index (χ2n) is 8.68. The van der Waals surface area contributed by atoms with E-state index in [-0.39, 0.29) is 35.0 Å². The van der Waals surface area contributed by atoms with Gasteiger partial charge in [0.15, 0.2) is 0 Å². The van der Waals surface area contributed by atoms with E-state index in [4.69, 9.17) is 0 Å². The standard InChI is InChI=1S/C26H24N2O5S/c1-16-8-10-20(11-9-16)34(32,33)28-14-17(2)24-21-12-19(29)15-27(22(21)13-23(30)25(24)28)26(31)18-6-4-3-5-7-18/h3-11,13-14,19,29-30H,12,15H2,1-2H3. The van der Waals surface area contributed by atoms with Crippen molar-refractivity contribution in [2.45, 2.75) is 31.3 Å². The zero-order chi connectivity index (χ0) is 24.2. The zero-order valence-electron chi connectivity index (χ0n) is 18.8. The maximum atomic E-state index is 13.5. The second kappa shape index (κ2) is 8.00. The van der Waals surface area contributed by atoms with Crippen molar-refractivity contribution < 1.29 is 23.4 Å². The van der Waals surface area contributed by atoms with Gasteiger partial charge in [-0.1, -0.05) is 35.9 Å². The number of carbonyl (C=O) groups excluding carboxylic acids is 1. The first-order chi connectivity index (χ1) is 16.2. The van der Waals surface area contributed by atoms with Gasteiger partial charge in [0.05, 0.1) is 23.2 Å². The van der Waals surface area contributed by atoms with Gasteiger partial charge in [-0.15, -0.1) is 0 Å². The van der Waals surface area contributed by atoms with E-state index in [0.29, 0.717) is 27.8 Å². The highest BCUT2D eigenvalue weighted by Gasteiger charge is 2.33. The van der Waals surface area contributed by atoms with Crippen molar-refractivity contribution in [1.82, 2.24) is 3.97 Å². The van der Waals surface area contributed by atoms with Crippen molar-refractivity contribution >= 4 is 32.5 Å². The fourth-order valence-corrected chi connectivity index (χ4v) is 6.07. The number of carbonyl (C=O) groups is 1. The van der Waals surface area contributed by atoms with Crippen LogP contribution < -0.4 is 4.90 Å². The molecule has 1 amide bonds. The van der Waals surface area contributed by atoms with Crippen molar-refractivity contribution in [3.63, 3.8) is 0 Å². The molecule has 174 valence electrons. The maximum absolute atomic E-state index is 13.5. The fraction of sp³-hybridized carbons (Fsp3) is 0.192. The number of hydrogen-bond acceptors (Lipinski definition) is 5. The van der Waals surface area contributed by atoms with Gasteiger partial charge in [-0.25, -0.2) is 12.4 Å². The van der Waals surface area contributed by atoms with E-state index in [9.17, 15) is 23.4 Å². The van der Waals surface area contributed by atoms with E-state index in [1.54, 1.807) is 43.3 Å². The van der Waals surface area contributed by atoms with Gasteiger partial charge in [-0.2, -0.15) is 0 Å². The van der Waals surface area contributed by atoms with Crippen LogP contribution in [0.25, 0.3) is 10.9 Å². The topological polar surface area (TPSA) is 99.8 Å². The number of aliphatic hydroxyl groups is 1. The van der Waals surface area contributed by atoms with Gasteiger partial charge >= 0.3 is 0 Å². The summed E-state index contributed by atoms with van der Waals surface area (Å²) >= 11 is 0. The highest BCUT2D eigenvalue weighted by atomic mass is 32.2. The highest BCUT2D eigenvalue weighted by molar-refractivity contribution is 7.90. The lowest BCUT2D eigenvalue weighted by molar-refractivity contribution is 0.0955. The number of rotatable bonds is 3. The quantitative estimate of drug-likeness (QED) is 0.469. The molecule has 1 aromatic heterocycles. The Labute approximate surface area is 197 Å². The summed E-state index contributed by atoms with van der Waals surface area (Å²) in [6, 6.07) is 16.6. The number of aryl methyl sites for hydroxylation is 2. The molecule has 0 radical (unpaired) electrons. The van der Waals surface area contributed by atoms with Crippen LogP contribution in [-0.4, -0.2) is 41.2 Å². The largest absolute Gasteiger partial charge is 0.506 e. The van der Waals surface area contributed by atoms with Gasteiger partial charge in [0.2, 0.25) is 0 Å². The molecule has 1 unspecified atom stereocenters. The number of phenols is 1. The number of fused-ring (bicyclic) bond motifs is 3. The van der Waals surface area contributed by atoms with E-state index < -0.39 is 16.1 Å². The van der Waals surface area contributed by atoms with Gasteiger partial charge in [-0.3, -0.25) is 4.79 Å². The van der Waals surface area contributed by atoms with E-state index >= 15 is 0 Å². The molecular formula is C26H24N2O5S. The molecule has 1 aliphatic heterocycles. The molecule has 0 saturated heterocycles. The monoisotopic (exact) mass is 476 g/mol. The molecule has 8 heteroatoms. The minimum absolute atomic E-state index is 0.0765. The van der Waals surface area contributed by atoms with Crippen LogP contribution in [-0.2, 0) is 16.4 Å². The van der Waals surface area contributed by atoms with Crippen LogP contribution in [0.3, 0.4) is 0 Å². The Balaban J connectivity index is 1.72. The third-order valence-electron chi connectivity index (χ3n) is 6.26. The predicted octanol–water partition coefficient (Wildman–Crippen LogP) is 3.76. The first kappa shape index (κ1) is 22.2. The number of hydrogen-bond donors (Lipinski definition) is 2. The molecule has 0 spiro atoms. The van der Waals surface area contributed by atoms with Crippen LogP contribution in [0, 0.1) is 13.8 Å². The molecule has 7 nitrogen and oxygen atoms in total. The lowest BCUT2D eigenvalue weighted by Gasteiger charge is -2.33. The van der Waals surface area contributed by atoms with Crippen LogP contribution in [0.15, 0.2) is 71.8 Å². The average molecular weight is 477 g/mol. The van der Waals surface area contributed by atoms with Crippen LogP contribution in [0.4, 0.5) is 5.69 Å². The first-order valence-electron chi connectivity index (χ1n) is 10.9. The molecule has 1 aliphatic rings. The SMILES string of the molecule is Cc1ccc(S(=O)(=O)n2cc(C)c3c4c(cc(O)c32)N(C(=O)c2ccccc2)CC(O)C4)cc1. The van der Waals surface area contributed by atoms with Gasteiger partial charge in [0.1, 0.15) is 11.3 Å². The van der Waals surface area contributed by atoms with Crippen molar-refractivity contribution in [2.24, 2.45) is 0 Å². The number of aliphatic hydroxyl groups excluding tert-OH is 1. The van der Waals surface area contributed by atoms with Crippen LogP contribution in [0.2, 0.25) is 0 Å².